The average Bonchev–Trinajstić information content (AvgIpc) is 2.41. The highest BCUT2D eigenvalue weighted by Crippen LogP contribution is 2.26. The monoisotopic (exact) mass is 405 g/mol. The maximum absolute atomic E-state index is 2.48. The lowest BCUT2D eigenvalue weighted by atomic mass is 9.85. The van der Waals surface area contributed by atoms with Crippen molar-refractivity contribution in [2.24, 2.45) is 0 Å². The Kier molecular flexibility index (Phi) is 3.91. The van der Waals surface area contributed by atoms with E-state index in [0.29, 0.717) is 0 Å². The first kappa shape index (κ1) is 16.0. The SMILES string of the molecule is CC(C)(C)c1ccc2c(c1)[I+]c1cc(C(C)(C)C)ccc1C2. The Labute approximate surface area is 145 Å². The van der Waals surface area contributed by atoms with Gasteiger partial charge in [-0.25, -0.2) is 0 Å². The summed E-state index contributed by atoms with van der Waals surface area (Å²) in [5.41, 5.74) is 6.54. The first-order chi connectivity index (χ1) is 10.1. The van der Waals surface area contributed by atoms with E-state index in [1.54, 1.807) is 18.3 Å². The van der Waals surface area contributed by atoms with Gasteiger partial charge in [0.25, 0.3) is 0 Å². The third kappa shape index (κ3) is 3.10. The van der Waals surface area contributed by atoms with Crippen LogP contribution < -0.4 is 21.2 Å². The number of rotatable bonds is 0. The van der Waals surface area contributed by atoms with E-state index in [4.69, 9.17) is 0 Å². The molecule has 0 aliphatic carbocycles. The molecule has 0 atom stereocenters. The zero-order valence-electron chi connectivity index (χ0n) is 14.5. The Morgan fingerprint density at radius 2 is 1.09 bits per heavy atom. The highest BCUT2D eigenvalue weighted by molar-refractivity contribution is 5.35. The molecular weight excluding hydrogens is 379 g/mol. The molecule has 1 heteroatoms. The molecule has 0 unspecified atom stereocenters. The summed E-state index contributed by atoms with van der Waals surface area (Å²) >= 11 is -0.0549. The van der Waals surface area contributed by atoms with Crippen LogP contribution in [0, 0.1) is 7.14 Å². The minimum absolute atomic E-state index is 0.0549. The zero-order chi connectivity index (χ0) is 16.1. The molecule has 0 radical (unpaired) electrons. The summed E-state index contributed by atoms with van der Waals surface area (Å²) in [6.07, 6.45) is 1.11. The Morgan fingerprint density at radius 1 is 0.682 bits per heavy atom. The Hall–Kier alpha value is -0.830. The van der Waals surface area contributed by atoms with Crippen LogP contribution in [0.4, 0.5) is 0 Å². The van der Waals surface area contributed by atoms with Gasteiger partial charge in [0, 0.05) is 17.5 Å². The van der Waals surface area contributed by atoms with Gasteiger partial charge in [-0.15, -0.1) is 0 Å². The molecule has 2 aromatic rings. The summed E-state index contributed by atoms with van der Waals surface area (Å²) < 4.78 is 3.26. The molecule has 1 aliphatic heterocycles. The number of fused-ring (bicyclic) bond motifs is 2. The molecule has 116 valence electrons. The maximum atomic E-state index is 2.48. The molecule has 0 aromatic heterocycles. The fraction of sp³-hybridized carbons (Fsp3) is 0.429. The molecule has 0 nitrogen and oxygen atoms in total. The molecule has 0 saturated heterocycles. The minimum atomic E-state index is -0.0549. The first-order valence-electron chi connectivity index (χ1n) is 8.06. The number of hydrogen-bond donors (Lipinski definition) is 0. The van der Waals surface area contributed by atoms with Crippen molar-refractivity contribution in [1.29, 1.82) is 0 Å². The van der Waals surface area contributed by atoms with Gasteiger partial charge in [0.1, 0.15) is 0 Å². The van der Waals surface area contributed by atoms with Crippen molar-refractivity contribution in [2.75, 3.05) is 0 Å². The fourth-order valence-electron chi connectivity index (χ4n) is 2.81. The predicted octanol–water partition coefficient (Wildman–Crippen LogP) is 2.31. The van der Waals surface area contributed by atoms with E-state index < -0.39 is 0 Å². The largest absolute Gasteiger partial charge is 0.358 e. The molecule has 0 N–H and O–H groups in total. The Bertz CT molecular complexity index is 650. The van der Waals surface area contributed by atoms with Crippen LogP contribution in [0.5, 0.6) is 0 Å². The quantitative estimate of drug-likeness (QED) is 0.504. The van der Waals surface area contributed by atoms with Crippen molar-refractivity contribution in [3.8, 4) is 0 Å². The van der Waals surface area contributed by atoms with Crippen molar-refractivity contribution in [3.63, 3.8) is 0 Å². The minimum Gasteiger partial charge on any atom is -0.0579 e. The molecule has 1 heterocycles. The van der Waals surface area contributed by atoms with Gasteiger partial charge >= 0.3 is 21.2 Å². The highest BCUT2D eigenvalue weighted by Gasteiger charge is 2.32. The summed E-state index contributed by atoms with van der Waals surface area (Å²) in [4.78, 5) is 0. The van der Waals surface area contributed by atoms with E-state index >= 15 is 0 Å². The lowest BCUT2D eigenvalue weighted by Crippen LogP contribution is -3.62. The third-order valence-electron chi connectivity index (χ3n) is 4.42. The molecule has 0 amide bonds. The van der Waals surface area contributed by atoms with E-state index in [9.17, 15) is 0 Å². The van der Waals surface area contributed by atoms with Crippen LogP contribution in [-0.4, -0.2) is 0 Å². The van der Waals surface area contributed by atoms with Crippen LogP contribution in [0.15, 0.2) is 36.4 Å². The van der Waals surface area contributed by atoms with Gasteiger partial charge in [0.2, 0.25) is 0 Å². The summed E-state index contributed by atoms with van der Waals surface area (Å²) in [6.45, 7) is 13.8. The topological polar surface area (TPSA) is 0 Å². The van der Waals surface area contributed by atoms with Gasteiger partial charge in [0.15, 0.2) is 7.14 Å². The summed E-state index contributed by atoms with van der Waals surface area (Å²) in [5.74, 6) is 0. The first-order valence-corrected chi connectivity index (χ1v) is 10.2. The van der Waals surface area contributed by atoms with E-state index in [-0.39, 0.29) is 32.0 Å². The van der Waals surface area contributed by atoms with Gasteiger partial charge < -0.3 is 0 Å². The zero-order valence-corrected chi connectivity index (χ0v) is 16.7. The molecule has 2 aromatic carbocycles. The van der Waals surface area contributed by atoms with Crippen LogP contribution >= 0.6 is 0 Å². The van der Waals surface area contributed by atoms with Crippen LogP contribution in [-0.2, 0) is 17.3 Å². The van der Waals surface area contributed by atoms with E-state index in [0.717, 1.165) is 6.42 Å². The van der Waals surface area contributed by atoms with Crippen molar-refractivity contribution in [2.45, 2.75) is 58.8 Å². The summed E-state index contributed by atoms with van der Waals surface area (Å²) in [6, 6.07) is 14.4. The van der Waals surface area contributed by atoms with Gasteiger partial charge in [0.05, 0.1) is 0 Å². The normalized spacial score (nSPS) is 14.5. The average molecular weight is 405 g/mol. The molecule has 22 heavy (non-hydrogen) atoms. The number of halogens is 1. The Morgan fingerprint density at radius 3 is 1.45 bits per heavy atom. The van der Waals surface area contributed by atoms with Crippen molar-refractivity contribution in [3.05, 3.63) is 65.8 Å². The molecular formula is C21H26I+. The van der Waals surface area contributed by atoms with E-state index in [1.165, 1.54) is 11.1 Å². The third-order valence-corrected chi connectivity index (χ3v) is 7.59. The molecule has 3 rings (SSSR count). The smallest absolute Gasteiger partial charge is 0.0579 e. The summed E-state index contributed by atoms with van der Waals surface area (Å²) in [7, 11) is 0. The van der Waals surface area contributed by atoms with Gasteiger partial charge in [-0.2, -0.15) is 0 Å². The van der Waals surface area contributed by atoms with Gasteiger partial charge in [-0.05, 0) is 34.1 Å². The van der Waals surface area contributed by atoms with Gasteiger partial charge in [-0.1, -0.05) is 65.8 Å². The molecule has 0 saturated carbocycles. The van der Waals surface area contributed by atoms with Crippen molar-refractivity contribution < 1.29 is 21.2 Å². The van der Waals surface area contributed by atoms with Crippen LogP contribution in [0.2, 0.25) is 0 Å². The van der Waals surface area contributed by atoms with Crippen LogP contribution in [0.3, 0.4) is 0 Å². The molecule has 0 fully saturated rings. The standard InChI is InChI=1S/C21H26I/c1-20(2,3)16-9-7-14-11-15-8-10-17(21(4,5)6)13-19(15)22-18(14)12-16/h7-10,12-13H,11H2,1-6H3/q+1. The van der Waals surface area contributed by atoms with E-state index in [1.807, 2.05) is 0 Å². The lowest BCUT2D eigenvalue weighted by molar-refractivity contribution is -0.601. The van der Waals surface area contributed by atoms with E-state index in [2.05, 4.69) is 77.9 Å². The molecule has 0 spiro atoms. The predicted molar refractivity (Wildman–Crippen MR) is 90.5 cm³/mol. The fourth-order valence-corrected chi connectivity index (χ4v) is 5.85. The second-order valence-electron chi connectivity index (χ2n) is 8.38. The molecule has 0 bridgehead atoms. The van der Waals surface area contributed by atoms with Gasteiger partial charge in [-0.3, -0.25) is 0 Å². The van der Waals surface area contributed by atoms with Crippen molar-refractivity contribution >= 4 is 0 Å². The van der Waals surface area contributed by atoms with Crippen LogP contribution in [0.1, 0.15) is 63.8 Å². The second-order valence-corrected chi connectivity index (χ2v) is 11.2. The highest BCUT2D eigenvalue weighted by atomic mass is 127. The second kappa shape index (κ2) is 5.36. The lowest BCUT2D eigenvalue weighted by Gasteiger charge is -2.21. The van der Waals surface area contributed by atoms with Crippen LogP contribution in [0.25, 0.3) is 0 Å². The van der Waals surface area contributed by atoms with Crippen molar-refractivity contribution in [1.82, 2.24) is 0 Å². The maximum Gasteiger partial charge on any atom is 0.358 e. The summed E-state index contributed by atoms with van der Waals surface area (Å²) in [5, 5.41) is 0. The Balaban J connectivity index is 2.00. The number of hydrogen-bond acceptors (Lipinski definition) is 0. The molecule has 1 aliphatic rings. The number of benzene rings is 2.